The molecule has 0 aliphatic carbocycles. The predicted molar refractivity (Wildman–Crippen MR) is 116 cm³/mol. The Balaban J connectivity index is 1.91. The van der Waals surface area contributed by atoms with Crippen LogP contribution >= 0.6 is 23.2 Å². The first kappa shape index (κ1) is 22.0. The highest BCUT2D eigenvalue weighted by atomic mass is 35.5. The van der Waals surface area contributed by atoms with E-state index in [0.29, 0.717) is 17.0 Å². The zero-order valence-corrected chi connectivity index (χ0v) is 18.3. The Morgan fingerprint density at radius 2 is 1.77 bits per heavy atom. The maximum atomic E-state index is 12.9. The fourth-order valence-corrected chi connectivity index (χ4v) is 3.70. The molecule has 1 aliphatic heterocycles. The van der Waals surface area contributed by atoms with Gasteiger partial charge in [0.25, 0.3) is 0 Å². The van der Waals surface area contributed by atoms with Crippen molar-refractivity contribution >= 4 is 35.2 Å². The molecular formula is C22H22Cl2N2O4. The van der Waals surface area contributed by atoms with Crippen molar-refractivity contribution in [1.82, 2.24) is 10.6 Å². The van der Waals surface area contributed by atoms with Gasteiger partial charge in [0.2, 0.25) is 0 Å². The van der Waals surface area contributed by atoms with Gasteiger partial charge in [0, 0.05) is 5.70 Å². The molecule has 0 radical (unpaired) electrons. The topological polar surface area (TPSA) is 76.7 Å². The van der Waals surface area contributed by atoms with Crippen molar-refractivity contribution in [3.63, 3.8) is 0 Å². The van der Waals surface area contributed by atoms with E-state index < -0.39 is 18.0 Å². The standard InChI is InChI=1S/C22H22Cl2N2O4/c1-12(2)30-20-16(23)9-15(10-17(20)24)19-18(13(3)25-22(28)26-19)21(27)29-11-14-7-5-4-6-8-14/h4-10,12,19H,11H2,1-3H3,(H2,25,26,28). The van der Waals surface area contributed by atoms with E-state index in [1.807, 2.05) is 44.2 Å². The number of nitrogens with one attached hydrogen (secondary N) is 2. The van der Waals surface area contributed by atoms with Crippen molar-refractivity contribution in [3.8, 4) is 5.75 Å². The fraction of sp³-hybridized carbons (Fsp3) is 0.273. The molecule has 1 unspecified atom stereocenters. The number of hydrogen-bond donors (Lipinski definition) is 2. The van der Waals surface area contributed by atoms with Crippen molar-refractivity contribution in [2.75, 3.05) is 0 Å². The lowest BCUT2D eigenvalue weighted by molar-refractivity contribution is -0.140. The van der Waals surface area contributed by atoms with E-state index in [-0.39, 0.29) is 28.3 Å². The maximum Gasteiger partial charge on any atom is 0.338 e. The molecule has 0 saturated carbocycles. The molecule has 2 N–H and O–H groups in total. The molecular weight excluding hydrogens is 427 g/mol. The highest BCUT2D eigenvalue weighted by molar-refractivity contribution is 6.37. The third-order valence-corrected chi connectivity index (χ3v) is 4.97. The largest absolute Gasteiger partial charge is 0.488 e. The van der Waals surface area contributed by atoms with Gasteiger partial charge in [-0.3, -0.25) is 0 Å². The molecule has 1 atom stereocenters. The van der Waals surface area contributed by atoms with Crippen LogP contribution in [0.1, 0.15) is 37.9 Å². The Kier molecular flexibility index (Phi) is 6.90. The van der Waals surface area contributed by atoms with E-state index >= 15 is 0 Å². The number of carbonyl (C=O) groups excluding carboxylic acids is 2. The summed E-state index contributed by atoms with van der Waals surface area (Å²) < 4.78 is 11.1. The average molecular weight is 449 g/mol. The molecule has 158 valence electrons. The van der Waals surface area contributed by atoms with Crippen molar-refractivity contribution in [2.45, 2.75) is 39.5 Å². The summed E-state index contributed by atoms with van der Waals surface area (Å²) in [5, 5.41) is 5.92. The zero-order chi connectivity index (χ0) is 21.8. The van der Waals surface area contributed by atoms with Crippen LogP contribution in [0.25, 0.3) is 0 Å². The smallest absolute Gasteiger partial charge is 0.338 e. The predicted octanol–water partition coefficient (Wildman–Crippen LogP) is 5.15. The number of benzene rings is 2. The van der Waals surface area contributed by atoms with Gasteiger partial charge in [-0.25, -0.2) is 9.59 Å². The third-order valence-electron chi connectivity index (χ3n) is 4.41. The average Bonchev–Trinajstić information content (AvgIpc) is 2.68. The van der Waals surface area contributed by atoms with Crippen LogP contribution < -0.4 is 15.4 Å². The second-order valence-electron chi connectivity index (χ2n) is 7.11. The van der Waals surface area contributed by atoms with Gasteiger partial charge in [0.1, 0.15) is 6.61 Å². The summed E-state index contributed by atoms with van der Waals surface area (Å²) in [7, 11) is 0. The van der Waals surface area contributed by atoms with Gasteiger partial charge >= 0.3 is 12.0 Å². The van der Waals surface area contributed by atoms with Crippen LogP contribution in [0.2, 0.25) is 10.0 Å². The Labute approximate surface area is 185 Å². The molecule has 3 rings (SSSR count). The minimum absolute atomic E-state index is 0.111. The summed E-state index contributed by atoms with van der Waals surface area (Å²) in [6.45, 7) is 5.48. The number of halogens is 2. The lowest BCUT2D eigenvalue weighted by Crippen LogP contribution is -2.45. The summed E-state index contributed by atoms with van der Waals surface area (Å²) in [5.74, 6) is -0.199. The van der Waals surface area contributed by atoms with Gasteiger partial charge in [-0.2, -0.15) is 0 Å². The molecule has 6 nitrogen and oxygen atoms in total. The lowest BCUT2D eigenvalue weighted by atomic mass is 9.95. The van der Waals surface area contributed by atoms with Gasteiger partial charge in [-0.05, 0) is 44.0 Å². The number of urea groups is 1. The van der Waals surface area contributed by atoms with Crippen molar-refractivity contribution in [2.24, 2.45) is 0 Å². The first-order valence-corrected chi connectivity index (χ1v) is 10.2. The summed E-state index contributed by atoms with van der Waals surface area (Å²) in [6.07, 6.45) is -0.116. The molecule has 2 aromatic rings. The molecule has 0 spiro atoms. The van der Waals surface area contributed by atoms with Crippen LogP contribution in [-0.2, 0) is 16.1 Å². The lowest BCUT2D eigenvalue weighted by Gasteiger charge is -2.28. The van der Waals surface area contributed by atoms with Crippen LogP contribution in [0.3, 0.4) is 0 Å². The molecule has 0 saturated heterocycles. The van der Waals surface area contributed by atoms with Crippen LogP contribution in [0, 0.1) is 0 Å². The summed E-state index contributed by atoms with van der Waals surface area (Å²) in [5.41, 5.74) is 2.07. The third kappa shape index (κ3) is 5.07. The minimum atomic E-state index is -0.773. The first-order chi connectivity index (χ1) is 14.3. The number of amides is 2. The Hall–Kier alpha value is -2.70. The number of carbonyl (C=O) groups is 2. The SMILES string of the molecule is CC1=C(C(=O)OCc2ccccc2)C(c2cc(Cl)c(OC(C)C)c(Cl)c2)NC(=O)N1. The number of ether oxygens (including phenoxy) is 2. The first-order valence-electron chi connectivity index (χ1n) is 9.41. The molecule has 0 aromatic heterocycles. The number of allylic oxidation sites excluding steroid dienone is 1. The highest BCUT2D eigenvalue weighted by Gasteiger charge is 2.33. The molecule has 2 amide bonds. The van der Waals surface area contributed by atoms with E-state index in [0.717, 1.165) is 5.56 Å². The van der Waals surface area contributed by atoms with E-state index in [2.05, 4.69) is 10.6 Å². The Bertz CT molecular complexity index is 967. The summed E-state index contributed by atoms with van der Waals surface area (Å²) >= 11 is 12.7. The van der Waals surface area contributed by atoms with Gasteiger partial charge in [-0.1, -0.05) is 53.5 Å². The normalized spacial score (nSPS) is 16.2. The van der Waals surface area contributed by atoms with Gasteiger partial charge in [-0.15, -0.1) is 0 Å². The van der Waals surface area contributed by atoms with Crippen LogP contribution in [0.15, 0.2) is 53.7 Å². The minimum Gasteiger partial charge on any atom is -0.488 e. The van der Waals surface area contributed by atoms with E-state index in [1.54, 1.807) is 19.1 Å². The van der Waals surface area contributed by atoms with Gasteiger partial charge < -0.3 is 20.1 Å². The summed E-state index contributed by atoms with van der Waals surface area (Å²) in [4.78, 5) is 25.0. The van der Waals surface area contributed by atoms with Gasteiger partial charge in [0.15, 0.2) is 5.75 Å². The molecule has 2 aromatic carbocycles. The molecule has 8 heteroatoms. The molecule has 0 fully saturated rings. The van der Waals surface area contributed by atoms with Crippen LogP contribution in [-0.4, -0.2) is 18.1 Å². The second kappa shape index (κ2) is 9.41. The summed E-state index contributed by atoms with van der Waals surface area (Å²) in [6, 6.07) is 11.4. The Morgan fingerprint density at radius 1 is 1.13 bits per heavy atom. The van der Waals surface area contributed by atoms with Crippen molar-refractivity contribution in [1.29, 1.82) is 0 Å². The fourth-order valence-electron chi connectivity index (χ4n) is 3.11. The van der Waals surface area contributed by atoms with Crippen molar-refractivity contribution in [3.05, 3.63) is 74.9 Å². The van der Waals surface area contributed by atoms with E-state index in [4.69, 9.17) is 32.7 Å². The molecule has 30 heavy (non-hydrogen) atoms. The van der Waals surface area contributed by atoms with Gasteiger partial charge in [0.05, 0.1) is 27.8 Å². The van der Waals surface area contributed by atoms with E-state index in [1.165, 1.54) is 0 Å². The maximum absolute atomic E-state index is 12.9. The van der Waals surface area contributed by atoms with E-state index in [9.17, 15) is 9.59 Å². The Morgan fingerprint density at radius 3 is 2.37 bits per heavy atom. The molecule has 1 heterocycles. The molecule has 0 bridgehead atoms. The van der Waals surface area contributed by atoms with Crippen molar-refractivity contribution < 1.29 is 19.1 Å². The zero-order valence-electron chi connectivity index (χ0n) is 16.8. The highest BCUT2D eigenvalue weighted by Crippen LogP contribution is 2.39. The number of esters is 1. The monoisotopic (exact) mass is 448 g/mol. The molecule has 1 aliphatic rings. The second-order valence-corrected chi connectivity index (χ2v) is 7.93. The number of rotatable bonds is 6. The number of hydrogen-bond acceptors (Lipinski definition) is 4. The quantitative estimate of drug-likeness (QED) is 0.598. The van der Waals surface area contributed by atoms with Crippen LogP contribution in [0.4, 0.5) is 4.79 Å². The van der Waals surface area contributed by atoms with Crippen LogP contribution in [0.5, 0.6) is 5.75 Å².